The second-order valence-corrected chi connectivity index (χ2v) is 8.14. The third-order valence-corrected chi connectivity index (χ3v) is 6.24. The Balaban J connectivity index is 1.38. The Labute approximate surface area is 141 Å². The van der Waals surface area contributed by atoms with Crippen LogP contribution in [-0.4, -0.2) is 66.6 Å². The molecule has 3 saturated heterocycles. The molecule has 2 atom stereocenters. The van der Waals surface area contributed by atoms with Gasteiger partial charge in [-0.25, -0.2) is 4.98 Å². The van der Waals surface area contributed by atoms with Crippen molar-refractivity contribution in [1.82, 2.24) is 14.8 Å². The first-order chi connectivity index (χ1) is 11.2. The molecule has 126 valence electrons. The molecule has 3 fully saturated rings. The molecule has 1 aromatic heterocycles. The van der Waals surface area contributed by atoms with E-state index in [0.717, 1.165) is 39.3 Å². The summed E-state index contributed by atoms with van der Waals surface area (Å²) in [5, 5.41) is 1.87. The number of rotatable bonds is 3. The molecule has 6 heteroatoms. The van der Waals surface area contributed by atoms with Crippen LogP contribution in [0.15, 0.2) is 10.9 Å². The van der Waals surface area contributed by atoms with E-state index in [1.54, 1.807) is 5.51 Å². The highest BCUT2D eigenvalue weighted by atomic mass is 32.1. The van der Waals surface area contributed by atoms with Crippen molar-refractivity contribution < 1.29 is 9.53 Å². The van der Waals surface area contributed by atoms with Crippen LogP contribution in [0.1, 0.15) is 36.2 Å². The van der Waals surface area contributed by atoms with Gasteiger partial charge in [0.15, 0.2) is 0 Å². The lowest BCUT2D eigenvalue weighted by atomic mass is 9.79. The second kappa shape index (κ2) is 6.49. The molecule has 1 amide bonds. The Morgan fingerprint density at radius 3 is 3.13 bits per heavy atom. The molecule has 0 saturated carbocycles. The third kappa shape index (κ3) is 3.30. The number of aromatic nitrogens is 1. The molecule has 3 aliphatic heterocycles. The number of amides is 1. The van der Waals surface area contributed by atoms with Crippen molar-refractivity contribution in [2.45, 2.75) is 25.7 Å². The van der Waals surface area contributed by atoms with Gasteiger partial charge in [0.2, 0.25) is 0 Å². The van der Waals surface area contributed by atoms with Gasteiger partial charge in [0, 0.05) is 43.6 Å². The predicted octanol–water partition coefficient (Wildman–Crippen LogP) is 2.11. The van der Waals surface area contributed by atoms with Gasteiger partial charge in [-0.05, 0) is 38.1 Å². The Hall–Kier alpha value is -0.980. The Morgan fingerprint density at radius 1 is 1.39 bits per heavy atom. The van der Waals surface area contributed by atoms with Gasteiger partial charge in [-0.3, -0.25) is 4.79 Å². The van der Waals surface area contributed by atoms with Crippen LogP contribution >= 0.6 is 11.3 Å². The van der Waals surface area contributed by atoms with Crippen LogP contribution in [-0.2, 0) is 4.74 Å². The summed E-state index contributed by atoms with van der Waals surface area (Å²) in [4.78, 5) is 21.4. The summed E-state index contributed by atoms with van der Waals surface area (Å²) in [7, 11) is 0. The zero-order valence-corrected chi connectivity index (χ0v) is 14.4. The average molecular weight is 335 g/mol. The fourth-order valence-electron chi connectivity index (χ4n) is 4.47. The van der Waals surface area contributed by atoms with Crippen molar-refractivity contribution in [3.63, 3.8) is 0 Å². The summed E-state index contributed by atoms with van der Waals surface area (Å²) < 4.78 is 5.51. The van der Waals surface area contributed by atoms with E-state index >= 15 is 0 Å². The molecular weight excluding hydrogens is 310 g/mol. The van der Waals surface area contributed by atoms with E-state index in [4.69, 9.17) is 4.74 Å². The largest absolute Gasteiger partial charge is 0.381 e. The molecule has 4 rings (SSSR count). The zero-order valence-electron chi connectivity index (χ0n) is 13.6. The fraction of sp³-hybridized carbons (Fsp3) is 0.765. The van der Waals surface area contributed by atoms with E-state index in [1.807, 2.05) is 10.3 Å². The molecule has 0 aliphatic carbocycles. The van der Waals surface area contributed by atoms with E-state index in [1.165, 1.54) is 43.7 Å². The first kappa shape index (κ1) is 15.5. The smallest absolute Gasteiger partial charge is 0.273 e. The molecule has 3 aliphatic rings. The molecule has 0 radical (unpaired) electrons. The Bertz CT molecular complexity index is 544. The van der Waals surface area contributed by atoms with E-state index < -0.39 is 0 Å². The van der Waals surface area contributed by atoms with Crippen LogP contribution in [0.4, 0.5) is 0 Å². The highest BCUT2D eigenvalue weighted by Gasteiger charge is 2.43. The van der Waals surface area contributed by atoms with E-state index in [2.05, 4.69) is 9.88 Å². The van der Waals surface area contributed by atoms with Gasteiger partial charge in [-0.1, -0.05) is 0 Å². The molecule has 1 spiro atoms. The lowest BCUT2D eigenvalue weighted by Gasteiger charge is -2.40. The van der Waals surface area contributed by atoms with Crippen LogP contribution in [0, 0.1) is 11.3 Å². The first-order valence-electron chi connectivity index (χ1n) is 8.72. The number of thiazole rings is 1. The van der Waals surface area contributed by atoms with Crippen molar-refractivity contribution in [3.8, 4) is 0 Å². The van der Waals surface area contributed by atoms with Gasteiger partial charge in [0.1, 0.15) is 5.69 Å². The van der Waals surface area contributed by atoms with E-state index in [-0.39, 0.29) is 5.91 Å². The van der Waals surface area contributed by atoms with Gasteiger partial charge in [0.05, 0.1) is 12.1 Å². The number of carbonyl (C=O) groups is 1. The fourth-order valence-corrected chi connectivity index (χ4v) is 5.00. The summed E-state index contributed by atoms with van der Waals surface area (Å²) in [5.74, 6) is 0.828. The third-order valence-electron chi connectivity index (χ3n) is 5.66. The maximum absolute atomic E-state index is 12.6. The molecule has 23 heavy (non-hydrogen) atoms. The van der Waals surface area contributed by atoms with Crippen LogP contribution in [0.3, 0.4) is 0 Å². The summed E-state index contributed by atoms with van der Waals surface area (Å²) >= 11 is 1.50. The van der Waals surface area contributed by atoms with E-state index in [9.17, 15) is 4.79 Å². The van der Waals surface area contributed by atoms with E-state index in [0.29, 0.717) is 17.0 Å². The topological polar surface area (TPSA) is 45.7 Å². The maximum Gasteiger partial charge on any atom is 0.273 e. The summed E-state index contributed by atoms with van der Waals surface area (Å²) in [6.45, 7) is 7.13. The number of carbonyl (C=O) groups excluding carboxylic acids is 1. The van der Waals surface area contributed by atoms with Gasteiger partial charge in [0.25, 0.3) is 5.91 Å². The lowest BCUT2D eigenvalue weighted by molar-refractivity contribution is 0.0519. The van der Waals surface area contributed by atoms with Crippen LogP contribution in [0.5, 0.6) is 0 Å². The molecule has 0 aromatic carbocycles. The van der Waals surface area contributed by atoms with Gasteiger partial charge < -0.3 is 14.5 Å². The minimum atomic E-state index is 0.118. The van der Waals surface area contributed by atoms with Crippen LogP contribution in [0.25, 0.3) is 0 Å². The van der Waals surface area contributed by atoms with Crippen LogP contribution < -0.4 is 0 Å². The van der Waals surface area contributed by atoms with Gasteiger partial charge >= 0.3 is 0 Å². The lowest BCUT2D eigenvalue weighted by Crippen LogP contribution is -2.47. The molecule has 0 unspecified atom stereocenters. The number of nitrogens with zero attached hydrogens (tertiary/aromatic N) is 3. The van der Waals surface area contributed by atoms with Crippen molar-refractivity contribution in [3.05, 3.63) is 16.6 Å². The maximum atomic E-state index is 12.6. The molecule has 0 bridgehead atoms. The highest BCUT2D eigenvalue weighted by Crippen LogP contribution is 2.39. The van der Waals surface area contributed by atoms with Gasteiger partial charge in [-0.15, -0.1) is 11.3 Å². The van der Waals surface area contributed by atoms with Crippen molar-refractivity contribution in [2.75, 3.05) is 45.9 Å². The highest BCUT2D eigenvalue weighted by molar-refractivity contribution is 7.07. The molecule has 4 heterocycles. The molecule has 0 N–H and O–H groups in total. The number of ether oxygens (including phenoxy) is 1. The second-order valence-electron chi connectivity index (χ2n) is 7.42. The Kier molecular flexibility index (Phi) is 4.39. The first-order valence-corrected chi connectivity index (χ1v) is 9.66. The monoisotopic (exact) mass is 335 g/mol. The summed E-state index contributed by atoms with van der Waals surface area (Å²) in [6.07, 6.45) is 4.81. The number of piperidine rings is 1. The van der Waals surface area contributed by atoms with Crippen molar-refractivity contribution >= 4 is 17.2 Å². The minimum absolute atomic E-state index is 0.118. The summed E-state index contributed by atoms with van der Waals surface area (Å²) in [5.41, 5.74) is 2.67. The zero-order chi connectivity index (χ0) is 15.7. The number of hydrogen-bond donors (Lipinski definition) is 0. The normalized spacial score (nSPS) is 32.0. The molecule has 1 aromatic rings. The average Bonchev–Trinajstić information content (AvgIpc) is 3.30. The minimum Gasteiger partial charge on any atom is -0.381 e. The number of likely N-dealkylation sites (tertiary alicyclic amines) is 2. The SMILES string of the molecule is O=C(c1cscn1)N1CCC[C@]2(CCN(C[C@H]3CCOC3)C2)C1. The quantitative estimate of drug-likeness (QED) is 0.849. The number of hydrogen-bond acceptors (Lipinski definition) is 5. The van der Waals surface area contributed by atoms with Crippen LogP contribution in [0.2, 0.25) is 0 Å². The standard InChI is InChI=1S/C17H25N3O2S/c21-16(15-10-23-13-18-15)20-5-1-3-17(12-20)4-6-19(11-17)8-14-2-7-22-9-14/h10,13-14H,1-9,11-12H2/t14-,17-/m1/s1. The van der Waals surface area contributed by atoms with Crippen molar-refractivity contribution in [1.29, 1.82) is 0 Å². The molecule has 5 nitrogen and oxygen atoms in total. The van der Waals surface area contributed by atoms with Crippen molar-refractivity contribution in [2.24, 2.45) is 11.3 Å². The molecular formula is C17H25N3O2S. The van der Waals surface area contributed by atoms with Gasteiger partial charge in [-0.2, -0.15) is 0 Å². The summed E-state index contributed by atoms with van der Waals surface area (Å²) in [6, 6.07) is 0. The predicted molar refractivity (Wildman–Crippen MR) is 89.7 cm³/mol. The Morgan fingerprint density at radius 2 is 2.35 bits per heavy atom.